The van der Waals surface area contributed by atoms with Gasteiger partial charge in [0.25, 0.3) is 0 Å². The van der Waals surface area contributed by atoms with E-state index in [1.165, 1.54) is 6.92 Å². The number of rotatable bonds is 4. The molecular weight excluding hydrogens is 288 g/mol. The van der Waals surface area contributed by atoms with E-state index >= 15 is 0 Å². The van der Waals surface area contributed by atoms with Gasteiger partial charge in [-0.1, -0.05) is 28.1 Å². The number of carbonyl (C=O) groups is 2. The van der Waals surface area contributed by atoms with E-state index in [0.29, 0.717) is 6.54 Å². The highest BCUT2D eigenvalue weighted by Crippen LogP contribution is 2.10. The Labute approximate surface area is 107 Å². The van der Waals surface area contributed by atoms with E-state index < -0.39 is 18.0 Å². The minimum atomic E-state index is -1.07. The van der Waals surface area contributed by atoms with Gasteiger partial charge in [0.15, 0.2) is 0 Å². The summed E-state index contributed by atoms with van der Waals surface area (Å²) in [7, 11) is 0. The number of benzene rings is 1. The molecule has 17 heavy (non-hydrogen) atoms. The zero-order valence-corrected chi connectivity index (χ0v) is 10.8. The van der Waals surface area contributed by atoms with Gasteiger partial charge in [0, 0.05) is 11.0 Å². The fourth-order valence-electron chi connectivity index (χ4n) is 1.09. The summed E-state index contributed by atoms with van der Waals surface area (Å²) in [4.78, 5) is 21.8. The number of halogens is 1. The first-order valence-electron chi connectivity index (χ1n) is 5.00. The molecule has 1 aromatic rings. The molecule has 0 spiro atoms. The number of carboxylic acid groups (broad SMARTS) is 1. The quantitative estimate of drug-likeness (QED) is 0.792. The van der Waals surface area contributed by atoms with E-state index in [0.717, 1.165) is 10.0 Å². The smallest absolute Gasteiger partial charge is 0.325 e. The van der Waals surface area contributed by atoms with Crippen LogP contribution < -0.4 is 10.6 Å². The van der Waals surface area contributed by atoms with E-state index in [9.17, 15) is 9.59 Å². The normalized spacial score (nSPS) is 11.6. The summed E-state index contributed by atoms with van der Waals surface area (Å²) >= 11 is 3.31. The lowest BCUT2D eigenvalue weighted by Crippen LogP contribution is -2.44. The number of hydrogen-bond acceptors (Lipinski definition) is 2. The Morgan fingerprint density at radius 1 is 1.35 bits per heavy atom. The van der Waals surface area contributed by atoms with Crippen molar-refractivity contribution < 1.29 is 14.7 Å². The Hall–Kier alpha value is -1.56. The molecule has 1 atom stereocenters. The van der Waals surface area contributed by atoms with Crippen molar-refractivity contribution in [3.05, 3.63) is 34.3 Å². The molecule has 0 aromatic heterocycles. The molecule has 1 rings (SSSR count). The van der Waals surface area contributed by atoms with Crippen LogP contribution in [0, 0.1) is 0 Å². The molecule has 0 saturated heterocycles. The number of carbonyl (C=O) groups excluding carboxylic acids is 1. The third-order valence-corrected chi connectivity index (χ3v) is 2.61. The molecule has 0 unspecified atom stereocenters. The molecule has 0 aliphatic carbocycles. The molecule has 0 saturated carbocycles. The van der Waals surface area contributed by atoms with Crippen LogP contribution in [0.1, 0.15) is 12.5 Å². The van der Waals surface area contributed by atoms with Gasteiger partial charge in [-0.05, 0) is 24.6 Å². The first kappa shape index (κ1) is 13.5. The summed E-state index contributed by atoms with van der Waals surface area (Å²) in [6, 6.07) is 6.07. The fraction of sp³-hybridized carbons (Fsp3) is 0.273. The number of carboxylic acids is 1. The third-order valence-electron chi connectivity index (χ3n) is 2.08. The molecular formula is C11H13BrN2O3. The second kappa shape index (κ2) is 6.24. The molecule has 5 nitrogen and oxygen atoms in total. The van der Waals surface area contributed by atoms with Gasteiger partial charge in [0.05, 0.1) is 0 Å². The van der Waals surface area contributed by atoms with Gasteiger partial charge in [0.2, 0.25) is 0 Å². The van der Waals surface area contributed by atoms with Gasteiger partial charge in [-0.25, -0.2) is 4.79 Å². The van der Waals surface area contributed by atoms with Crippen molar-refractivity contribution in [2.75, 3.05) is 0 Å². The highest BCUT2D eigenvalue weighted by Gasteiger charge is 2.12. The maximum absolute atomic E-state index is 11.3. The Kier molecular flexibility index (Phi) is 4.96. The molecule has 3 N–H and O–H groups in total. The van der Waals surface area contributed by atoms with Crippen LogP contribution in [0.15, 0.2) is 28.7 Å². The second-order valence-corrected chi connectivity index (χ2v) is 4.43. The highest BCUT2D eigenvalue weighted by molar-refractivity contribution is 9.10. The predicted octanol–water partition coefficient (Wildman–Crippen LogP) is 1.72. The zero-order chi connectivity index (χ0) is 12.8. The standard InChI is InChI=1S/C11H13BrN2O3/c1-7(10(15)16)14-11(17)13-6-8-2-4-9(12)5-3-8/h2-5,7H,6H2,1H3,(H,15,16)(H2,13,14,17)/t7-/m1/s1. The van der Waals surface area contributed by atoms with E-state index in [-0.39, 0.29) is 0 Å². The lowest BCUT2D eigenvalue weighted by molar-refractivity contribution is -0.138. The third kappa shape index (κ3) is 4.86. The van der Waals surface area contributed by atoms with Crippen LogP contribution in [0.2, 0.25) is 0 Å². The van der Waals surface area contributed by atoms with Gasteiger partial charge >= 0.3 is 12.0 Å². The number of amides is 2. The predicted molar refractivity (Wildman–Crippen MR) is 66.6 cm³/mol. The minimum absolute atomic E-state index is 0.353. The summed E-state index contributed by atoms with van der Waals surface area (Å²) < 4.78 is 0.963. The molecule has 2 amide bonds. The van der Waals surface area contributed by atoms with Crippen molar-refractivity contribution in [1.29, 1.82) is 0 Å². The summed E-state index contributed by atoms with van der Waals surface area (Å²) in [5, 5.41) is 13.5. The Bertz CT molecular complexity index is 406. The second-order valence-electron chi connectivity index (χ2n) is 3.51. The molecule has 92 valence electrons. The first-order chi connectivity index (χ1) is 7.99. The van der Waals surface area contributed by atoms with Crippen LogP contribution in [0.3, 0.4) is 0 Å². The molecule has 0 radical (unpaired) electrons. The van der Waals surface area contributed by atoms with Crippen molar-refractivity contribution in [2.24, 2.45) is 0 Å². The van der Waals surface area contributed by atoms with Crippen LogP contribution in [-0.4, -0.2) is 23.1 Å². The summed E-state index contributed by atoms with van der Waals surface area (Å²) in [6.07, 6.45) is 0. The molecule has 0 heterocycles. The largest absolute Gasteiger partial charge is 0.480 e. The number of nitrogens with one attached hydrogen (secondary N) is 2. The molecule has 0 bridgehead atoms. The van der Waals surface area contributed by atoms with E-state index in [1.807, 2.05) is 24.3 Å². The van der Waals surface area contributed by atoms with Crippen LogP contribution in [0.5, 0.6) is 0 Å². The number of urea groups is 1. The topological polar surface area (TPSA) is 78.4 Å². The van der Waals surface area contributed by atoms with Gasteiger partial charge in [0.1, 0.15) is 6.04 Å². The van der Waals surface area contributed by atoms with Gasteiger partial charge in [-0.15, -0.1) is 0 Å². The number of hydrogen-bond donors (Lipinski definition) is 3. The van der Waals surface area contributed by atoms with Crippen molar-refractivity contribution >= 4 is 27.9 Å². The van der Waals surface area contributed by atoms with Crippen LogP contribution >= 0.6 is 15.9 Å². The summed E-state index contributed by atoms with van der Waals surface area (Å²) in [6.45, 7) is 1.76. The number of aliphatic carboxylic acids is 1. The zero-order valence-electron chi connectivity index (χ0n) is 9.24. The lowest BCUT2D eigenvalue weighted by atomic mass is 10.2. The van der Waals surface area contributed by atoms with E-state index in [1.54, 1.807) is 0 Å². The van der Waals surface area contributed by atoms with Crippen molar-refractivity contribution in [1.82, 2.24) is 10.6 Å². The Balaban J connectivity index is 2.38. The summed E-state index contributed by atoms with van der Waals surface area (Å²) in [5.41, 5.74) is 0.936. The SMILES string of the molecule is C[C@@H](NC(=O)NCc1ccc(Br)cc1)C(=O)O. The Morgan fingerprint density at radius 3 is 2.47 bits per heavy atom. The molecule has 6 heteroatoms. The average Bonchev–Trinajstić information content (AvgIpc) is 2.28. The molecule has 0 fully saturated rings. The monoisotopic (exact) mass is 300 g/mol. The van der Waals surface area contributed by atoms with Crippen LogP contribution in [0.25, 0.3) is 0 Å². The van der Waals surface area contributed by atoms with Crippen molar-refractivity contribution in [3.8, 4) is 0 Å². The maximum atomic E-state index is 11.3. The van der Waals surface area contributed by atoms with Gasteiger partial charge < -0.3 is 15.7 Å². The highest BCUT2D eigenvalue weighted by atomic mass is 79.9. The summed E-state index contributed by atoms with van der Waals surface area (Å²) in [5.74, 6) is -1.07. The van der Waals surface area contributed by atoms with E-state index in [2.05, 4.69) is 26.6 Å². The van der Waals surface area contributed by atoms with Crippen LogP contribution in [-0.2, 0) is 11.3 Å². The Morgan fingerprint density at radius 2 is 1.94 bits per heavy atom. The first-order valence-corrected chi connectivity index (χ1v) is 5.80. The fourth-order valence-corrected chi connectivity index (χ4v) is 1.36. The minimum Gasteiger partial charge on any atom is -0.480 e. The van der Waals surface area contributed by atoms with Crippen LogP contribution in [0.4, 0.5) is 4.79 Å². The lowest BCUT2D eigenvalue weighted by Gasteiger charge is -2.10. The maximum Gasteiger partial charge on any atom is 0.325 e. The van der Waals surface area contributed by atoms with Crippen molar-refractivity contribution in [3.63, 3.8) is 0 Å². The molecule has 0 aliphatic heterocycles. The van der Waals surface area contributed by atoms with Gasteiger partial charge in [-0.3, -0.25) is 4.79 Å². The van der Waals surface area contributed by atoms with Gasteiger partial charge in [-0.2, -0.15) is 0 Å². The molecule has 0 aliphatic rings. The average molecular weight is 301 g/mol. The van der Waals surface area contributed by atoms with E-state index in [4.69, 9.17) is 5.11 Å². The molecule has 1 aromatic carbocycles. The van der Waals surface area contributed by atoms with Crippen molar-refractivity contribution in [2.45, 2.75) is 19.5 Å².